The first kappa shape index (κ1) is 7.98. The van der Waals surface area contributed by atoms with E-state index in [-0.39, 0.29) is 12.1 Å². The van der Waals surface area contributed by atoms with E-state index in [2.05, 4.69) is 12.2 Å². The number of hydrogen-bond acceptors (Lipinski definition) is 3. The predicted molar refractivity (Wildman–Crippen MR) is 40.7 cm³/mol. The van der Waals surface area contributed by atoms with Gasteiger partial charge in [-0.05, 0) is 13.0 Å². The van der Waals surface area contributed by atoms with Crippen molar-refractivity contribution in [3.05, 3.63) is 0 Å². The standard InChI is InChI=1S/C7H16N2O/c1-2-9-7(5-8)3-6(7)4-10/h6,9-10H,2-5,8H2,1H3/t6-,7-/m0/s1. The maximum atomic E-state index is 8.80. The molecule has 0 aliphatic heterocycles. The smallest absolute Gasteiger partial charge is 0.0478 e. The summed E-state index contributed by atoms with van der Waals surface area (Å²) in [6.07, 6.45) is 1.04. The fourth-order valence-electron chi connectivity index (χ4n) is 1.51. The molecule has 0 radical (unpaired) electrons. The lowest BCUT2D eigenvalue weighted by Crippen LogP contribution is -2.40. The summed E-state index contributed by atoms with van der Waals surface area (Å²) in [5.74, 6) is 0.400. The van der Waals surface area contributed by atoms with E-state index in [1.807, 2.05) is 0 Å². The van der Waals surface area contributed by atoms with Crippen LogP contribution in [0.2, 0.25) is 0 Å². The Morgan fingerprint density at radius 2 is 2.50 bits per heavy atom. The van der Waals surface area contributed by atoms with Crippen molar-refractivity contribution in [3.8, 4) is 0 Å². The Hall–Kier alpha value is -0.120. The molecule has 10 heavy (non-hydrogen) atoms. The molecule has 3 heteroatoms. The molecule has 4 N–H and O–H groups in total. The highest BCUT2D eigenvalue weighted by molar-refractivity contribution is 5.10. The second-order valence-corrected chi connectivity index (χ2v) is 2.97. The van der Waals surface area contributed by atoms with Crippen LogP contribution in [0.1, 0.15) is 13.3 Å². The van der Waals surface area contributed by atoms with Gasteiger partial charge in [-0.15, -0.1) is 0 Å². The van der Waals surface area contributed by atoms with Gasteiger partial charge in [0.2, 0.25) is 0 Å². The minimum Gasteiger partial charge on any atom is -0.396 e. The summed E-state index contributed by atoms with van der Waals surface area (Å²) in [6, 6.07) is 0. The molecule has 0 heterocycles. The zero-order valence-electron chi connectivity index (χ0n) is 6.43. The lowest BCUT2D eigenvalue weighted by atomic mass is 10.2. The third-order valence-corrected chi connectivity index (χ3v) is 2.35. The van der Waals surface area contributed by atoms with E-state index in [1.165, 1.54) is 0 Å². The van der Waals surface area contributed by atoms with Gasteiger partial charge in [-0.25, -0.2) is 0 Å². The van der Waals surface area contributed by atoms with Gasteiger partial charge in [0, 0.05) is 24.6 Å². The Kier molecular flexibility index (Phi) is 2.28. The summed E-state index contributed by atoms with van der Waals surface area (Å²) >= 11 is 0. The third kappa shape index (κ3) is 1.17. The molecule has 0 amide bonds. The summed E-state index contributed by atoms with van der Waals surface area (Å²) in [4.78, 5) is 0. The molecule has 1 rings (SSSR count). The van der Waals surface area contributed by atoms with Crippen LogP contribution in [0.15, 0.2) is 0 Å². The van der Waals surface area contributed by atoms with Crippen LogP contribution in [0.4, 0.5) is 0 Å². The largest absolute Gasteiger partial charge is 0.396 e. The van der Waals surface area contributed by atoms with Crippen LogP contribution < -0.4 is 11.1 Å². The van der Waals surface area contributed by atoms with E-state index < -0.39 is 0 Å². The van der Waals surface area contributed by atoms with Gasteiger partial charge in [0.1, 0.15) is 0 Å². The average Bonchev–Trinajstić information content (AvgIpc) is 2.65. The van der Waals surface area contributed by atoms with Crippen LogP contribution in [0.3, 0.4) is 0 Å². The minimum absolute atomic E-state index is 0.0868. The maximum absolute atomic E-state index is 8.80. The zero-order chi connectivity index (χ0) is 7.61. The lowest BCUT2D eigenvalue weighted by Gasteiger charge is -2.14. The number of nitrogens with one attached hydrogen (secondary N) is 1. The molecular formula is C7H16N2O. The van der Waals surface area contributed by atoms with Crippen LogP contribution in [-0.2, 0) is 0 Å². The van der Waals surface area contributed by atoms with Crippen molar-refractivity contribution in [2.24, 2.45) is 11.7 Å². The van der Waals surface area contributed by atoms with Crippen molar-refractivity contribution in [1.29, 1.82) is 0 Å². The third-order valence-electron chi connectivity index (χ3n) is 2.35. The summed E-state index contributed by atoms with van der Waals surface area (Å²) in [6.45, 7) is 3.91. The lowest BCUT2D eigenvalue weighted by molar-refractivity contribution is 0.257. The normalized spacial score (nSPS) is 38.1. The van der Waals surface area contributed by atoms with Crippen LogP contribution in [0.5, 0.6) is 0 Å². The number of likely N-dealkylation sites (N-methyl/N-ethyl adjacent to an activating group) is 1. The molecule has 0 bridgehead atoms. The Morgan fingerprint density at radius 1 is 1.80 bits per heavy atom. The van der Waals surface area contributed by atoms with Crippen LogP contribution in [0, 0.1) is 5.92 Å². The number of aliphatic hydroxyl groups is 1. The molecule has 60 valence electrons. The Labute approximate surface area is 61.6 Å². The van der Waals surface area contributed by atoms with E-state index in [0.29, 0.717) is 12.5 Å². The van der Waals surface area contributed by atoms with Crippen molar-refractivity contribution in [3.63, 3.8) is 0 Å². The molecule has 1 aliphatic carbocycles. The van der Waals surface area contributed by atoms with Gasteiger partial charge < -0.3 is 16.2 Å². The average molecular weight is 144 g/mol. The molecule has 1 aliphatic rings. The fraction of sp³-hybridized carbons (Fsp3) is 1.00. The van der Waals surface area contributed by atoms with Crippen molar-refractivity contribution in [2.75, 3.05) is 19.7 Å². The van der Waals surface area contributed by atoms with Gasteiger partial charge >= 0.3 is 0 Å². The van der Waals surface area contributed by atoms with Crippen molar-refractivity contribution in [1.82, 2.24) is 5.32 Å². The van der Waals surface area contributed by atoms with Gasteiger partial charge in [0.05, 0.1) is 0 Å². The molecule has 2 atom stereocenters. The van der Waals surface area contributed by atoms with Gasteiger partial charge in [-0.2, -0.15) is 0 Å². The quantitative estimate of drug-likeness (QED) is 0.489. The first-order valence-corrected chi connectivity index (χ1v) is 3.85. The highest BCUT2D eigenvalue weighted by Gasteiger charge is 2.51. The number of nitrogens with two attached hydrogens (primary N) is 1. The monoisotopic (exact) mass is 144 g/mol. The summed E-state index contributed by atoms with van der Waals surface area (Å²) < 4.78 is 0. The molecule has 0 aromatic heterocycles. The topological polar surface area (TPSA) is 58.3 Å². The first-order valence-electron chi connectivity index (χ1n) is 3.85. The van der Waals surface area contributed by atoms with E-state index in [1.54, 1.807) is 0 Å². The Morgan fingerprint density at radius 3 is 2.80 bits per heavy atom. The van der Waals surface area contributed by atoms with Crippen molar-refractivity contribution in [2.45, 2.75) is 18.9 Å². The first-order chi connectivity index (χ1) is 4.79. The second kappa shape index (κ2) is 2.86. The van der Waals surface area contributed by atoms with Gasteiger partial charge in [0.15, 0.2) is 0 Å². The molecule has 0 unspecified atom stereocenters. The summed E-state index contributed by atoms with van der Waals surface area (Å²) in [5.41, 5.74) is 5.63. The van der Waals surface area contributed by atoms with Gasteiger partial charge in [0.25, 0.3) is 0 Å². The van der Waals surface area contributed by atoms with Crippen LogP contribution >= 0.6 is 0 Å². The molecule has 1 saturated carbocycles. The Balaban J connectivity index is 2.34. The van der Waals surface area contributed by atoms with Crippen molar-refractivity contribution < 1.29 is 5.11 Å². The van der Waals surface area contributed by atoms with E-state index in [9.17, 15) is 0 Å². The second-order valence-electron chi connectivity index (χ2n) is 2.97. The predicted octanol–water partition coefficient (Wildman–Crippen LogP) is -0.694. The van der Waals surface area contributed by atoms with E-state index in [0.717, 1.165) is 13.0 Å². The van der Waals surface area contributed by atoms with Gasteiger partial charge in [-0.1, -0.05) is 6.92 Å². The maximum Gasteiger partial charge on any atom is 0.0478 e. The number of aliphatic hydroxyl groups excluding tert-OH is 1. The fourth-order valence-corrected chi connectivity index (χ4v) is 1.51. The molecule has 1 fully saturated rings. The summed E-state index contributed by atoms with van der Waals surface area (Å²) in [7, 11) is 0. The highest BCUT2D eigenvalue weighted by atomic mass is 16.3. The van der Waals surface area contributed by atoms with Crippen LogP contribution in [-0.4, -0.2) is 30.3 Å². The van der Waals surface area contributed by atoms with Gasteiger partial charge in [-0.3, -0.25) is 0 Å². The molecule has 0 aromatic carbocycles. The highest BCUT2D eigenvalue weighted by Crippen LogP contribution is 2.41. The molecule has 0 spiro atoms. The zero-order valence-corrected chi connectivity index (χ0v) is 6.43. The van der Waals surface area contributed by atoms with Crippen LogP contribution in [0.25, 0.3) is 0 Å². The Bertz CT molecular complexity index is 118. The molecule has 3 nitrogen and oxygen atoms in total. The SMILES string of the molecule is CCN[C@]1(CN)C[C@H]1CO. The molecular weight excluding hydrogens is 128 g/mol. The number of hydrogen-bond donors (Lipinski definition) is 3. The summed E-state index contributed by atoms with van der Waals surface area (Å²) in [5, 5.41) is 12.1. The van der Waals surface area contributed by atoms with Crippen molar-refractivity contribution >= 4 is 0 Å². The van der Waals surface area contributed by atoms with E-state index >= 15 is 0 Å². The number of rotatable bonds is 4. The van der Waals surface area contributed by atoms with E-state index in [4.69, 9.17) is 10.8 Å². The molecule has 0 aromatic rings. The molecule has 0 saturated heterocycles. The minimum atomic E-state index is 0.0868.